The summed E-state index contributed by atoms with van der Waals surface area (Å²) < 4.78 is 0. The van der Waals surface area contributed by atoms with Crippen LogP contribution >= 0.6 is 0 Å². The van der Waals surface area contributed by atoms with Crippen LogP contribution in [-0.4, -0.2) is 27.8 Å². The molecule has 1 aromatic heterocycles. The van der Waals surface area contributed by atoms with Crippen molar-refractivity contribution in [1.82, 2.24) is 9.97 Å². The maximum atomic E-state index is 12.7. The van der Waals surface area contributed by atoms with Crippen LogP contribution in [0.3, 0.4) is 0 Å². The van der Waals surface area contributed by atoms with Gasteiger partial charge < -0.3 is 15.6 Å². The molecule has 0 saturated heterocycles. The predicted octanol–water partition coefficient (Wildman–Crippen LogP) is 5.67. The first-order chi connectivity index (χ1) is 17.6. The summed E-state index contributed by atoms with van der Waals surface area (Å²) in [5, 5.41) is 5.55. The van der Waals surface area contributed by atoms with Crippen LogP contribution in [0.25, 0.3) is 22.4 Å². The highest BCUT2D eigenvalue weighted by Gasteiger charge is 2.36. The van der Waals surface area contributed by atoms with Crippen LogP contribution in [-0.2, 0) is 0 Å². The van der Waals surface area contributed by atoms with Crippen LogP contribution in [0.4, 0.5) is 21.9 Å². The van der Waals surface area contributed by atoms with Gasteiger partial charge in [0.1, 0.15) is 5.82 Å². The zero-order chi connectivity index (χ0) is 24.6. The number of aromatic nitrogens is 2. The molecule has 8 heteroatoms. The highest BCUT2D eigenvalue weighted by molar-refractivity contribution is 6.34. The van der Waals surface area contributed by atoms with E-state index in [9.17, 15) is 14.4 Å². The Kier molecular flexibility index (Phi) is 5.04. The number of benzene rings is 4. The van der Waals surface area contributed by atoms with E-state index in [1.54, 1.807) is 60.7 Å². The molecular weight excluding hydrogens is 454 g/mol. The zero-order valence-electron chi connectivity index (χ0n) is 18.9. The van der Waals surface area contributed by atoms with E-state index in [-0.39, 0.29) is 11.8 Å². The molecule has 0 radical (unpaired) electrons. The van der Waals surface area contributed by atoms with E-state index in [4.69, 9.17) is 0 Å². The molecule has 0 bridgehead atoms. The third-order valence-electron chi connectivity index (χ3n) is 5.98. The molecular formula is C28H19N5O3. The van der Waals surface area contributed by atoms with Gasteiger partial charge in [0.25, 0.3) is 11.8 Å². The molecule has 0 unspecified atom stereocenters. The van der Waals surface area contributed by atoms with Gasteiger partial charge in [0.15, 0.2) is 0 Å². The van der Waals surface area contributed by atoms with Crippen molar-refractivity contribution in [2.24, 2.45) is 0 Å². The summed E-state index contributed by atoms with van der Waals surface area (Å²) in [7, 11) is 0. The maximum absolute atomic E-state index is 12.7. The second kappa shape index (κ2) is 8.52. The topological polar surface area (TPSA) is 107 Å². The van der Waals surface area contributed by atoms with Crippen molar-refractivity contribution >= 4 is 45.9 Å². The lowest BCUT2D eigenvalue weighted by Crippen LogP contribution is -2.29. The number of nitrogens with one attached hydrogen (secondary N) is 3. The number of hydrogen-bond acceptors (Lipinski definition) is 4. The van der Waals surface area contributed by atoms with E-state index in [1.165, 1.54) is 0 Å². The van der Waals surface area contributed by atoms with Crippen LogP contribution in [0.15, 0.2) is 97.1 Å². The number of rotatable bonds is 4. The molecule has 6 rings (SSSR count). The number of nitrogens with zero attached hydrogens (tertiary/aromatic N) is 2. The normalized spacial score (nSPS) is 12.6. The lowest BCUT2D eigenvalue weighted by molar-refractivity contribution is 0.0926. The van der Waals surface area contributed by atoms with Crippen molar-refractivity contribution in [3.05, 3.63) is 108 Å². The second-order valence-corrected chi connectivity index (χ2v) is 8.30. The first-order valence-corrected chi connectivity index (χ1v) is 11.3. The van der Waals surface area contributed by atoms with E-state index >= 15 is 0 Å². The number of imide groups is 1. The summed E-state index contributed by atoms with van der Waals surface area (Å²) in [6.07, 6.45) is 0. The molecule has 1 aliphatic heterocycles. The van der Waals surface area contributed by atoms with Gasteiger partial charge in [-0.3, -0.25) is 9.59 Å². The molecule has 0 fully saturated rings. The minimum atomic E-state index is -0.417. The molecule has 0 atom stereocenters. The average Bonchev–Trinajstić information content (AvgIpc) is 3.44. The first-order valence-electron chi connectivity index (χ1n) is 11.3. The summed E-state index contributed by atoms with van der Waals surface area (Å²) in [4.78, 5) is 46.8. The molecule has 5 aromatic rings. The van der Waals surface area contributed by atoms with E-state index in [2.05, 4.69) is 20.6 Å². The number of H-pyrrole nitrogens is 1. The Morgan fingerprint density at radius 3 is 1.86 bits per heavy atom. The van der Waals surface area contributed by atoms with Gasteiger partial charge in [-0.1, -0.05) is 24.3 Å². The lowest BCUT2D eigenvalue weighted by Gasteiger charge is -2.15. The summed E-state index contributed by atoms with van der Waals surface area (Å²) in [6.45, 7) is 0. The fraction of sp³-hybridized carbons (Fsp3) is 0. The number of para-hydroxylation sites is 2. The summed E-state index contributed by atoms with van der Waals surface area (Å²) in [5.74, 6) is 0.0330. The van der Waals surface area contributed by atoms with Gasteiger partial charge >= 0.3 is 6.03 Å². The molecule has 0 aliphatic carbocycles. The van der Waals surface area contributed by atoms with E-state index in [0.717, 1.165) is 27.3 Å². The minimum Gasteiger partial charge on any atom is -0.338 e. The van der Waals surface area contributed by atoms with Gasteiger partial charge in [0.2, 0.25) is 0 Å². The molecule has 0 spiro atoms. The van der Waals surface area contributed by atoms with E-state index < -0.39 is 6.03 Å². The standard InChI is InChI=1S/C28H19N5O3/c34-26-21-5-1-2-6-22(21)27(35)33(26)20-15-13-19(14-16-20)30-28(36)29-18-11-9-17(10-12-18)25-31-23-7-3-4-8-24(23)32-25/h1-16H,(H,31,32)(H2,29,30,36). The number of fused-ring (bicyclic) bond motifs is 2. The van der Waals surface area contributed by atoms with Crippen LogP contribution in [0, 0.1) is 0 Å². The molecule has 0 saturated carbocycles. The van der Waals surface area contributed by atoms with Crippen molar-refractivity contribution < 1.29 is 14.4 Å². The number of hydrogen-bond donors (Lipinski definition) is 3. The molecule has 4 amide bonds. The summed E-state index contributed by atoms with van der Waals surface area (Å²) >= 11 is 0. The molecule has 8 nitrogen and oxygen atoms in total. The van der Waals surface area contributed by atoms with Crippen molar-refractivity contribution in [3.8, 4) is 11.4 Å². The molecule has 1 aliphatic rings. The summed E-state index contributed by atoms with van der Waals surface area (Å²) in [6, 6.07) is 28.0. The zero-order valence-corrected chi connectivity index (χ0v) is 18.9. The Bertz CT molecular complexity index is 1570. The third-order valence-corrected chi connectivity index (χ3v) is 5.98. The second-order valence-electron chi connectivity index (χ2n) is 8.30. The van der Waals surface area contributed by atoms with Crippen molar-refractivity contribution in [1.29, 1.82) is 0 Å². The van der Waals surface area contributed by atoms with Crippen molar-refractivity contribution in [2.45, 2.75) is 0 Å². The fourth-order valence-electron chi connectivity index (χ4n) is 4.21. The van der Waals surface area contributed by atoms with E-state index in [0.29, 0.717) is 28.2 Å². The van der Waals surface area contributed by atoms with Gasteiger partial charge in [0.05, 0.1) is 27.8 Å². The number of imidazole rings is 1. The smallest absolute Gasteiger partial charge is 0.323 e. The van der Waals surface area contributed by atoms with Crippen molar-refractivity contribution in [2.75, 3.05) is 15.5 Å². The van der Waals surface area contributed by atoms with Gasteiger partial charge in [-0.05, 0) is 72.8 Å². The van der Waals surface area contributed by atoms with Crippen LogP contribution in [0.5, 0.6) is 0 Å². The Morgan fingerprint density at radius 2 is 1.25 bits per heavy atom. The van der Waals surface area contributed by atoms with Gasteiger partial charge in [-0.2, -0.15) is 0 Å². The quantitative estimate of drug-likeness (QED) is 0.292. The highest BCUT2D eigenvalue weighted by atomic mass is 16.2. The lowest BCUT2D eigenvalue weighted by atomic mass is 10.1. The predicted molar refractivity (Wildman–Crippen MR) is 138 cm³/mol. The van der Waals surface area contributed by atoms with Crippen LogP contribution in [0.1, 0.15) is 20.7 Å². The number of anilines is 3. The van der Waals surface area contributed by atoms with Crippen LogP contribution < -0.4 is 15.5 Å². The summed E-state index contributed by atoms with van der Waals surface area (Å²) in [5.41, 5.74) is 5.10. The molecule has 2 heterocycles. The number of carbonyl (C=O) groups is 3. The third kappa shape index (κ3) is 3.76. The van der Waals surface area contributed by atoms with E-state index in [1.807, 2.05) is 36.4 Å². The Balaban J connectivity index is 1.11. The molecule has 3 N–H and O–H groups in total. The molecule has 174 valence electrons. The number of amides is 4. The average molecular weight is 473 g/mol. The maximum Gasteiger partial charge on any atom is 0.323 e. The fourth-order valence-corrected chi connectivity index (χ4v) is 4.21. The SMILES string of the molecule is O=C(Nc1ccc(-c2nc3ccccc3[nH]2)cc1)Nc1ccc(N2C(=O)c3ccccc3C2=O)cc1. The minimum absolute atomic E-state index is 0.361. The largest absolute Gasteiger partial charge is 0.338 e. The highest BCUT2D eigenvalue weighted by Crippen LogP contribution is 2.29. The Labute approximate surface area is 205 Å². The Morgan fingerprint density at radius 1 is 0.694 bits per heavy atom. The molecule has 36 heavy (non-hydrogen) atoms. The molecule has 4 aromatic carbocycles. The monoisotopic (exact) mass is 473 g/mol. The number of carbonyl (C=O) groups excluding carboxylic acids is 3. The Hall–Kier alpha value is -5.24. The van der Waals surface area contributed by atoms with Gasteiger partial charge in [-0.15, -0.1) is 0 Å². The van der Waals surface area contributed by atoms with Crippen molar-refractivity contribution in [3.63, 3.8) is 0 Å². The van der Waals surface area contributed by atoms with Crippen LogP contribution in [0.2, 0.25) is 0 Å². The number of urea groups is 1. The number of aromatic amines is 1. The van der Waals surface area contributed by atoms with Gasteiger partial charge in [0, 0.05) is 16.9 Å². The first kappa shape index (κ1) is 21.3. The van der Waals surface area contributed by atoms with Gasteiger partial charge in [-0.25, -0.2) is 14.7 Å².